The van der Waals surface area contributed by atoms with E-state index >= 15 is 0 Å². The maximum atomic E-state index is 13.5. The number of likely N-dealkylation sites (tertiary alicyclic amines) is 1. The summed E-state index contributed by atoms with van der Waals surface area (Å²) < 4.78 is 3.52. The monoisotopic (exact) mass is 461 g/mol. The van der Waals surface area contributed by atoms with E-state index in [9.17, 15) is 9.59 Å². The van der Waals surface area contributed by atoms with E-state index in [1.165, 1.54) is 18.2 Å². The molecule has 0 aliphatic carbocycles. The van der Waals surface area contributed by atoms with Crippen molar-refractivity contribution in [2.24, 2.45) is 0 Å². The molecule has 1 saturated heterocycles. The van der Waals surface area contributed by atoms with Crippen LogP contribution in [0.25, 0.3) is 22.4 Å². The number of amides is 1. The Balaban J connectivity index is 1.61. The number of carbonyl (C=O) groups excluding carboxylic acids is 1. The predicted octanol–water partition coefficient (Wildman–Crippen LogP) is 4.14. The predicted molar refractivity (Wildman–Crippen MR) is 131 cm³/mol. The number of piperidine rings is 1. The first-order chi connectivity index (χ1) is 16.0. The Bertz CT molecular complexity index is 1420. The topological polar surface area (TPSA) is 72.5 Å². The molecule has 3 heterocycles. The molecule has 1 atom stereocenters. The highest BCUT2D eigenvalue weighted by Gasteiger charge is 2.24. The van der Waals surface area contributed by atoms with Gasteiger partial charge in [-0.1, -0.05) is 41.6 Å². The van der Waals surface area contributed by atoms with Crippen molar-refractivity contribution >= 4 is 34.3 Å². The molecule has 0 spiro atoms. The average molecular weight is 462 g/mol. The fourth-order valence-electron chi connectivity index (χ4n) is 4.72. The summed E-state index contributed by atoms with van der Waals surface area (Å²) in [7, 11) is 0. The van der Waals surface area contributed by atoms with Crippen LogP contribution in [-0.4, -0.2) is 48.3 Å². The van der Waals surface area contributed by atoms with E-state index in [2.05, 4.69) is 23.2 Å². The van der Waals surface area contributed by atoms with E-state index in [0.29, 0.717) is 22.1 Å². The molecule has 2 aromatic heterocycles. The molecule has 1 aliphatic heterocycles. The van der Waals surface area contributed by atoms with Gasteiger partial charge >= 0.3 is 0 Å². The van der Waals surface area contributed by atoms with Gasteiger partial charge in [0.1, 0.15) is 0 Å². The number of aromatic nitrogens is 4. The number of hydrogen-bond donors (Lipinski definition) is 0. The third kappa shape index (κ3) is 3.82. The Morgan fingerprint density at radius 3 is 2.73 bits per heavy atom. The van der Waals surface area contributed by atoms with Crippen molar-refractivity contribution in [1.29, 1.82) is 0 Å². The Hall–Kier alpha value is -3.13. The van der Waals surface area contributed by atoms with Gasteiger partial charge in [0, 0.05) is 12.6 Å². The summed E-state index contributed by atoms with van der Waals surface area (Å²) in [6.07, 6.45) is 3.29. The Morgan fingerprint density at radius 2 is 1.94 bits per heavy atom. The summed E-state index contributed by atoms with van der Waals surface area (Å²) in [4.78, 5) is 28.4. The minimum atomic E-state index is -0.132. The highest BCUT2D eigenvalue weighted by Crippen LogP contribution is 2.26. The highest BCUT2D eigenvalue weighted by atomic mass is 32.2. The van der Waals surface area contributed by atoms with Gasteiger partial charge in [0.05, 0.1) is 22.3 Å². The van der Waals surface area contributed by atoms with Crippen molar-refractivity contribution in [3.05, 3.63) is 63.9 Å². The Morgan fingerprint density at radius 1 is 1.12 bits per heavy atom. The van der Waals surface area contributed by atoms with Crippen molar-refractivity contribution in [2.75, 3.05) is 12.3 Å². The van der Waals surface area contributed by atoms with Crippen LogP contribution in [0.4, 0.5) is 0 Å². The van der Waals surface area contributed by atoms with Gasteiger partial charge in [-0.05, 0) is 63.8 Å². The van der Waals surface area contributed by atoms with Gasteiger partial charge < -0.3 is 4.90 Å². The van der Waals surface area contributed by atoms with Crippen molar-refractivity contribution < 1.29 is 4.79 Å². The van der Waals surface area contributed by atoms with Gasteiger partial charge in [-0.25, -0.2) is 4.57 Å². The summed E-state index contributed by atoms with van der Waals surface area (Å²) in [5.41, 5.74) is 3.51. The number of benzene rings is 2. The summed E-state index contributed by atoms with van der Waals surface area (Å²) >= 11 is 1.37. The number of nitrogens with zero attached hydrogens (tertiary/aromatic N) is 5. The molecule has 4 aromatic rings. The second-order valence-electron chi connectivity index (χ2n) is 8.79. The molecule has 0 N–H and O–H groups in total. The molecule has 2 aromatic carbocycles. The first-order valence-corrected chi connectivity index (χ1v) is 12.3. The van der Waals surface area contributed by atoms with E-state index in [1.54, 1.807) is 4.57 Å². The molecule has 5 rings (SSSR count). The van der Waals surface area contributed by atoms with Gasteiger partial charge in [0.15, 0.2) is 5.16 Å². The lowest BCUT2D eigenvalue weighted by molar-refractivity contribution is -0.131. The largest absolute Gasteiger partial charge is 0.339 e. The number of hydrogen-bond acceptors (Lipinski definition) is 5. The molecule has 1 fully saturated rings. The van der Waals surface area contributed by atoms with Crippen LogP contribution in [-0.2, 0) is 4.79 Å². The maximum Gasteiger partial charge on any atom is 0.267 e. The van der Waals surface area contributed by atoms with Crippen molar-refractivity contribution in [1.82, 2.24) is 24.1 Å². The molecule has 33 heavy (non-hydrogen) atoms. The standard InChI is InChI=1S/C25H27N5O2S/c1-16-11-12-20(17(2)14-16)29-23(32)19-9-4-5-10-21(19)30-24(29)26-27-25(30)33-15-22(31)28-13-7-6-8-18(28)3/h4-5,9-12,14,18H,6-8,13,15H2,1-3H3. The summed E-state index contributed by atoms with van der Waals surface area (Å²) in [5, 5.41) is 10.0. The maximum absolute atomic E-state index is 13.5. The van der Waals surface area contributed by atoms with Crippen LogP contribution in [0.3, 0.4) is 0 Å². The van der Waals surface area contributed by atoms with Crippen molar-refractivity contribution in [2.45, 2.75) is 51.2 Å². The van der Waals surface area contributed by atoms with Crippen molar-refractivity contribution in [3.63, 3.8) is 0 Å². The molecule has 1 aliphatic rings. The first-order valence-electron chi connectivity index (χ1n) is 11.3. The summed E-state index contributed by atoms with van der Waals surface area (Å²) in [6.45, 7) is 6.95. The fourth-order valence-corrected chi connectivity index (χ4v) is 5.55. The van der Waals surface area contributed by atoms with E-state index in [0.717, 1.165) is 41.7 Å². The lowest BCUT2D eigenvalue weighted by Gasteiger charge is -2.33. The molecule has 0 radical (unpaired) electrons. The summed E-state index contributed by atoms with van der Waals surface area (Å²) in [5.74, 6) is 0.866. The quantitative estimate of drug-likeness (QED) is 0.427. The molecule has 170 valence electrons. The molecule has 0 saturated carbocycles. The van der Waals surface area contributed by atoms with Gasteiger partial charge in [0.2, 0.25) is 11.7 Å². The molecule has 1 amide bonds. The van der Waals surface area contributed by atoms with Gasteiger partial charge in [0.25, 0.3) is 5.56 Å². The number of para-hydroxylation sites is 1. The molecule has 7 nitrogen and oxygen atoms in total. The third-order valence-corrected chi connectivity index (χ3v) is 7.35. The molecular formula is C25H27N5O2S. The summed E-state index contributed by atoms with van der Waals surface area (Å²) in [6, 6.07) is 13.8. The van der Waals surface area contributed by atoms with E-state index in [-0.39, 0.29) is 17.5 Å². The Kier molecular flexibility index (Phi) is 5.70. The minimum Gasteiger partial charge on any atom is -0.339 e. The van der Waals surface area contributed by atoms with Gasteiger partial charge in [-0.3, -0.25) is 14.0 Å². The number of thioether (sulfide) groups is 1. The number of carbonyl (C=O) groups is 1. The first kappa shape index (κ1) is 21.7. The van der Waals surface area contributed by atoms with Crippen LogP contribution < -0.4 is 5.56 Å². The minimum absolute atomic E-state index is 0.121. The molecular weight excluding hydrogens is 434 g/mol. The number of rotatable bonds is 4. The Labute approximate surface area is 196 Å². The van der Waals surface area contributed by atoms with E-state index in [4.69, 9.17) is 0 Å². The zero-order valence-corrected chi connectivity index (χ0v) is 19.9. The van der Waals surface area contributed by atoms with E-state index in [1.807, 2.05) is 59.5 Å². The van der Waals surface area contributed by atoms with Crippen molar-refractivity contribution in [3.8, 4) is 5.69 Å². The number of fused-ring (bicyclic) bond motifs is 3. The van der Waals surface area contributed by atoms with Gasteiger partial charge in [-0.2, -0.15) is 0 Å². The zero-order valence-electron chi connectivity index (χ0n) is 19.1. The lowest BCUT2D eigenvalue weighted by atomic mass is 10.0. The van der Waals surface area contributed by atoms with Crippen LogP contribution in [0.1, 0.15) is 37.3 Å². The van der Waals surface area contributed by atoms with Crippen LogP contribution >= 0.6 is 11.8 Å². The van der Waals surface area contributed by atoms with Crippen LogP contribution in [0.5, 0.6) is 0 Å². The van der Waals surface area contributed by atoms with Crippen LogP contribution in [0.2, 0.25) is 0 Å². The van der Waals surface area contributed by atoms with Gasteiger partial charge in [-0.15, -0.1) is 10.2 Å². The third-order valence-electron chi connectivity index (χ3n) is 6.44. The molecule has 1 unspecified atom stereocenters. The number of aryl methyl sites for hydroxylation is 2. The zero-order chi connectivity index (χ0) is 23.1. The molecule has 8 heteroatoms. The second kappa shape index (κ2) is 8.67. The van der Waals surface area contributed by atoms with Crippen LogP contribution in [0.15, 0.2) is 52.4 Å². The average Bonchev–Trinajstić information content (AvgIpc) is 3.23. The highest BCUT2D eigenvalue weighted by molar-refractivity contribution is 7.99. The normalized spacial score (nSPS) is 16.6. The van der Waals surface area contributed by atoms with E-state index < -0.39 is 0 Å². The smallest absolute Gasteiger partial charge is 0.267 e. The lowest BCUT2D eigenvalue weighted by Crippen LogP contribution is -2.42. The van der Waals surface area contributed by atoms with Crippen LogP contribution in [0, 0.1) is 13.8 Å². The second-order valence-corrected chi connectivity index (χ2v) is 9.73. The SMILES string of the molecule is Cc1ccc(-n2c(=O)c3ccccc3n3c(SCC(=O)N4CCCCC4C)nnc23)c(C)c1. The molecule has 0 bridgehead atoms. The fraction of sp³-hybridized carbons (Fsp3) is 0.360.